The predicted octanol–water partition coefficient (Wildman–Crippen LogP) is 3.95. The largest absolute Gasteiger partial charge is 0.355 e. The Morgan fingerprint density at radius 3 is 2.48 bits per heavy atom. The minimum Gasteiger partial charge on any atom is -0.355 e. The van der Waals surface area contributed by atoms with Gasteiger partial charge in [-0.15, -0.1) is 0 Å². The Bertz CT molecular complexity index is 1010. The predicted molar refractivity (Wildman–Crippen MR) is 106 cm³/mol. The van der Waals surface area contributed by atoms with Crippen molar-refractivity contribution in [2.45, 2.75) is 19.4 Å². The molecule has 1 saturated heterocycles. The van der Waals surface area contributed by atoms with Crippen molar-refractivity contribution >= 4 is 11.7 Å². The second-order valence-corrected chi connectivity index (χ2v) is 6.96. The number of benzene rings is 2. The first-order chi connectivity index (χ1) is 14.1. The Morgan fingerprint density at radius 1 is 1.00 bits per heavy atom. The first-order valence-electron chi connectivity index (χ1n) is 9.50. The van der Waals surface area contributed by atoms with Gasteiger partial charge in [0.2, 0.25) is 0 Å². The van der Waals surface area contributed by atoms with Gasteiger partial charge >= 0.3 is 0 Å². The van der Waals surface area contributed by atoms with Crippen LogP contribution >= 0.6 is 0 Å². The minimum atomic E-state index is -0.673. The highest BCUT2D eigenvalue weighted by Gasteiger charge is 2.19. The fraction of sp³-hybridized carbons (Fsp3) is 0.227. The molecule has 0 radical (unpaired) electrons. The third kappa shape index (κ3) is 4.39. The summed E-state index contributed by atoms with van der Waals surface area (Å²) in [5.41, 5.74) is 2.33. The zero-order chi connectivity index (χ0) is 20.2. The van der Waals surface area contributed by atoms with Crippen LogP contribution in [0.5, 0.6) is 0 Å². The summed E-state index contributed by atoms with van der Waals surface area (Å²) in [4.78, 5) is 23.8. The Kier molecular flexibility index (Phi) is 5.46. The van der Waals surface area contributed by atoms with E-state index in [4.69, 9.17) is 0 Å². The van der Waals surface area contributed by atoms with Crippen molar-refractivity contribution in [2.75, 3.05) is 18.0 Å². The zero-order valence-corrected chi connectivity index (χ0v) is 15.7. The van der Waals surface area contributed by atoms with Crippen LogP contribution in [0.3, 0.4) is 0 Å². The smallest absolute Gasteiger partial charge is 0.251 e. The summed E-state index contributed by atoms with van der Waals surface area (Å²) in [6.07, 6.45) is 5.56. The first-order valence-corrected chi connectivity index (χ1v) is 9.50. The van der Waals surface area contributed by atoms with Crippen molar-refractivity contribution in [3.8, 4) is 11.3 Å². The number of hydrogen-bond donors (Lipinski definition) is 1. The fourth-order valence-electron chi connectivity index (χ4n) is 3.50. The highest BCUT2D eigenvalue weighted by atomic mass is 19.1. The van der Waals surface area contributed by atoms with Crippen LogP contribution in [0.15, 0.2) is 54.9 Å². The molecule has 0 spiro atoms. The molecule has 1 aliphatic rings. The third-order valence-corrected chi connectivity index (χ3v) is 4.86. The maximum Gasteiger partial charge on any atom is 0.251 e. The SMILES string of the molecule is O=C(NCc1cc(F)cc(F)c1)c1cccc(-c2nccnc2N2CCCC2)c1. The summed E-state index contributed by atoms with van der Waals surface area (Å²) in [7, 11) is 0. The summed E-state index contributed by atoms with van der Waals surface area (Å²) in [5, 5.41) is 2.70. The molecule has 29 heavy (non-hydrogen) atoms. The third-order valence-electron chi connectivity index (χ3n) is 4.86. The maximum atomic E-state index is 13.3. The first kappa shape index (κ1) is 19.0. The topological polar surface area (TPSA) is 58.1 Å². The van der Waals surface area contributed by atoms with Crippen LogP contribution in [0, 0.1) is 11.6 Å². The molecule has 1 amide bonds. The maximum absolute atomic E-state index is 13.3. The summed E-state index contributed by atoms with van der Waals surface area (Å²) < 4.78 is 26.6. The van der Waals surface area contributed by atoms with Crippen LogP contribution in [0.1, 0.15) is 28.8 Å². The van der Waals surface area contributed by atoms with Gasteiger partial charge in [0.05, 0.1) is 0 Å². The molecular formula is C22H20F2N4O. The second-order valence-electron chi connectivity index (χ2n) is 6.96. The molecule has 1 fully saturated rings. The molecule has 0 bridgehead atoms. The molecule has 0 atom stereocenters. The number of hydrogen-bond acceptors (Lipinski definition) is 4. The molecular weight excluding hydrogens is 374 g/mol. The number of nitrogens with zero attached hydrogens (tertiary/aromatic N) is 3. The zero-order valence-electron chi connectivity index (χ0n) is 15.7. The highest BCUT2D eigenvalue weighted by molar-refractivity contribution is 5.95. The van der Waals surface area contributed by atoms with Gasteiger partial charge in [0.1, 0.15) is 17.3 Å². The van der Waals surface area contributed by atoms with E-state index in [1.807, 2.05) is 6.07 Å². The van der Waals surface area contributed by atoms with Crippen LogP contribution in [-0.4, -0.2) is 29.0 Å². The monoisotopic (exact) mass is 394 g/mol. The Labute approximate surface area is 167 Å². The van der Waals surface area contributed by atoms with Gasteiger partial charge in [0.25, 0.3) is 5.91 Å². The Hall–Kier alpha value is -3.35. The summed E-state index contributed by atoms with van der Waals surface area (Å²) in [5.74, 6) is -0.859. The van der Waals surface area contributed by atoms with Gasteiger partial charge in [-0.05, 0) is 42.7 Å². The molecule has 3 aromatic rings. The molecule has 148 valence electrons. The molecule has 2 aromatic carbocycles. The van der Waals surface area contributed by atoms with E-state index < -0.39 is 11.6 Å². The minimum absolute atomic E-state index is 0.0297. The van der Waals surface area contributed by atoms with E-state index in [1.165, 1.54) is 12.1 Å². The van der Waals surface area contributed by atoms with Crippen molar-refractivity contribution < 1.29 is 13.6 Å². The van der Waals surface area contributed by atoms with Crippen molar-refractivity contribution in [3.63, 3.8) is 0 Å². The van der Waals surface area contributed by atoms with E-state index in [0.717, 1.165) is 49.1 Å². The number of anilines is 1. The number of aromatic nitrogens is 2. The van der Waals surface area contributed by atoms with Crippen molar-refractivity contribution in [1.82, 2.24) is 15.3 Å². The number of nitrogens with one attached hydrogen (secondary N) is 1. The lowest BCUT2D eigenvalue weighted by atomic mass is 10.1. The van der Waals surface area contributed by atoms with Crippen LogP contribution in [-0.2, 0) is 6.54 Å². The Morgan fingerprint density at radius 2 is 1.72 bits per heavy atom. The van der Waals surface area contributed by atoms with Crippen LogP contribution < -0.4 is 10.2 Å². The number of carbonyl (C=O) groups is 1. The van der Waals surface area contributed by atoms with Crippen molar-refractivity contribution in [3.05, 3.63) is 77.6 Å². The lowest BCUT2D eigenvalue weighted by molar-refractivity contribution is 0.0951. The van der Waals surface area contributed by atoms with Gasteiger partial charge in [-0.3, -0.25) is 9.78 Å². The van der Waals surface area contributed by atoms with Crippen molar-refractivity contribution in [2.24, 2.45) is 0 Å². The van der Waals surface area contributed by atoms with Gasteiger partial charge in [0, 0.05) is 49.2 Å². The lowest BCUT2D eigenvalue weighted by Gasteiger charge is -2.19. The van der Waals surface area contributed by atoms with Gasteiger partial charge < -0.3 is 10.2 Å². The molecule has 0 aliphatic carbocycles. The normalized spacial score (nSPS) is 13.5. The van der Waals surface area contributed by atoms with Gasteiger partial charge in [-0.1, -0.05) is 12.1 Å². The van der Waals surface area contributed by atoms with Crippen LogP contribution in [0.4, 0.5) is 14.6 Å². The summed E-state index contributed by atoms with van der Waals surface area (Å²) >= 11 is 0. The number of carbonyl (C=O) groups excluding carboxylic acids is 1. The van der Waals surface area contributed by atoms with Gasteiger partial charge in [0.15, 0.2) is 5.82 Å². The summed E-state index contributed by atoms with van der Waals surface area (Å²) in [6, 6.07) is 10.3. The van der Waals surface area contributed by atoms with E-state index in [9.17, 15) is 13.6 Å². The molecule has 0 unspecified atom stereocenters. The quantitative estimate of drug-likeness (QED) is 0.712. The van der Waals surface area contributed by atoms with E-state index >= 15 is 0 Å². The molecule has 2 heterocycles. The standard InChI is InChI=1S/C22H20F2N4O/c23-18-10-15(11-19(24)13-18)14-27-22(29)17-5-3-4-16(12-17)20-21(26-7-6-25-20)28-8-1-2-9-28/h3-7,10-13H,1-2,8-9,14H2,(H,27,29). The number of amides is 1. The van der Waals surface area contributed by atoms with Gasteiger partial charge in [-0.2, -0.15) is 0 Å². The second kappa shape index (κ2) is 8.34. The molecule has 0 saturated carbocycles. The van der Waals surface area contributed by atoms with Crippen LogP contribution in [0.25, 0.3) is 11.3 Å². The molecule has 1 aromatic heterocycles. The van der Waals surface area contributed by atoms with E-state index in [0.29, 0.717) is 11.1 Å². The van der Waals surface area contributed by atoms with E-state index in [-0.39, 0.29) is 12.5 Å². The van der Waals surface area contributed by atoms with E-state index in [2.05, 4.69) is 20.2 Å². The Balaban J connectivity index is 1.54. The highest BCUT2D eigenvalue weighted by Crippen LogP contribution is 2.29. The molecule has 7 heteroatoms. The number of halogens is 2. The molecule has 1 aliphatic heterocycles. The van der Waals surface area contributed by atoms with E-state index in [1.54, 1.807) is 30.6 Å². The average molecular weight is 394 g/mol. The van der Waals surface area contributed by atoms with Crippen LogP contribution in [0.2, 0.25) is 0 Å². The average Bonchev–Trinajstić information content (AvgIpc) is 3.26. The van der Waals surface area contributed by atoms with Crippen molar-refractivity contribution in [1.29, 1.82) is 0 Å². The number of rotatable bonds is 5. The lowest BCUT2D eigenvalue weighted by Crippen LogP contribution is -2.23. The molecule has 1 N–H and O–H groups in total. The van der Waals surface area contributed by atoms with Gasteiger partial charge in [-0.25, -0.2) is 13.8 Å². The fourth-order valence-corrected chi connectivity index (χ4v) is 3.50. The molecule has 4 rings (SSSR count). The summed E-state index contributed by atoms with van der Waals surface area (Å²) in [6.45, 7) is 1.91. The molecule has 5 nitrogen and oxygen atoms in total.